The van der Waals surface area contributed by atoms with E-state index in [1.54, 1.807) is 20.2 Å². The molecule has 0 spiro atoms. The van der Waals surface area contributed by atoms with Crippen LogP contribution < -0.4 is 15.4 Å². The highest BCUT2D eigenvalue weighted by atomic mass is 19.3. The van der Waals surface area contributed by atoms with Crippen molar-refractivity contribution in [3.63, 3.8) is 0 Å². The predicted octanol–water partition coefficient (Wildman–Crippen LogP) is 1.89. The van der Waals surface area contributed by atoms with E-state index in [1.807, 2.05) is 0 Å². The number of ether oxygens (including phenoxy) is 2. The third kappa shape index (κ3) is 7.62. The molecule has 138 valence electrons. The van der Waals surface area contributed by atoms with Gasteiger partial charge in [0.2, 0.25) is 0 Å². The Hall–Kier alpha value is -2.68. The molecule has 1 aromatic rings. The number of nitrogens with zero attached hydrogens (tertiary/aromatic N) is 1. The first-order valence-corrected chi connectivity index (χ1v) is 7.37. The Balaban J connectivity index is 2.84. The smallest absolute Gasteiger partial charge is 0.345 e. The molecule has 0 saturated heterocycles. The van der Waals surface area contributed by atoms with Crippen molar-refractivity contribution in [2.75, 3.05) is 20.7 Å². The number of hydrogen-bond donors (Lipinski definition) is 3. The molecule has 0 saturated carbocycles. The molecular weight excluding hydrogens is 336 g/mol. The van der Waals surface area contributed by atoms with Gasteiger partial charge in [-0.1, -0.05) is 0 Å². The zero-order chi connectivity index (χ0) is 18.8. The Bertz CT molecular complexity index is 636. The van der Waals surface area contributed by atoms with Gasteiger partial charge < -0.3 is 25.2 Å². The van der Waals surface area contributed by atoms with Gasteiger partial charge in [-0.3, -0.25) is 9.79 Å². The Labute approximate surface area is 144 Å². The minimum absolute atomic E-state index is 0.131. The summed E-state index contributed by atoms with van der Waals surface area (Å²) in [6.45, 7) is -1.70. The van der Waals surface area contributed by atoms with Crippen molar-refractivity contribution in [3.05, 3.63) is 35.7 Å². The standard InChI is InChI=1S/C16H21F2N3O4/c1-10(9-24-16(17)18)25-13-7-11(6-12(22)8-13)15(23)21-14(20-3)4-5-19-2/h4-8,10,16,20,22H,9H2,1-3H3,(H,21,23)/t10-/m0/s1. The largest absolute Gasteiger partial charge is 0.508 e. The second-order valence-electron chi connectivity index (χ2n) is 4.93. The second-order valence-corrected chi connectivity index (χ2v) is 4.93. The Morgan fingerprint density at radius 3 is 2.72 bits per heavy atom. The average molecular weight is 357 g/mol. The van der Waals surface area contributed by atoms with Crippen LogP contribution in [0.3, 0.4) is 0 Å². The van der Waals surface area contributed by atoms with Crippen LogP contribution in [0.1, 0.15) is 17.3 Å². The normalized spacial score (nSPS) is 13.1. The number of rotatable bonds is 9. The number of allylic oxidation sites excluding steroid dienone is 1. The van der Waals surface area contributed by atoms with Crippen LogP contribution in [0.2, 0.25) is 0 Å². The fourth-order valence-electron chi connectivity index (χ4n) is 1.79. The zero-order valence-corrected chi connectivity index (χ0v) is 14.1. The number of halogens is 2. The molecule has 0 aliphatic carbocycles. The maximum absolute atomic E-state index is 12.3. The number of alkyl halides is 2. The maximum Gasteiger partial charge on any atom is 0.345 e. The molecule has 0 aliphatic heterocycles. The lowest BCUT2D eigenvalue weighted by Gasteiger charge is -2.16. The van der Waals surface area contributed by atoms with Crippen LogP contribution in [-0.4, -0.2) is 50.6 Å². The average Bonchev–Trinajstić information content (AvgIpc) is 2.56. The van der Waals surface area contributed by atoms with E-state index in [-0.39, 0.29) is 23.7 Å². The summed E-state index contributed by atoms with van der Waals surface area (Å²) in [6.07, 6.45) is 2.36. The molecule has 25 heavy (non-hydrogen) atoms. The molecule has 1 atom stereocenters. The third-order valence-electron chi connectivity index (χ3n) is 2.86. The van der Waals surface area contributed by atoms with Crippen molar-refractivity contribution >= 4 is 12.1 Å². The molecule has 0 unspecified atom stereocenters. The highest BCUT2D eigenvalue weighted by molar-refractivity contribution is 5.96. The Kier molecular flexibility index (Phi) is 8.34. The molecule has 0 radical (unpaired) electrons. The van der Waals surface area contributed by atoms with Gasteiger partial charge in [0.05, 0.1) is 6.61 Å². The van der Waals surface area contributed by atoms with Crippen molar-refractivity contribution in [2.24, 2.45) is 4.99 Å². The van der Waals surface area contributed by atoms with E-state index in [9.17, 15) is 18.7 Å². The van der Waals surface area contributed by atoms with Crippen molar-refractivity contribution in [3.8, 4) is 11.5 Å². The van der Waals surface area contributed by atoms with Gasteiger partial charge in [-0.25, -0.2) is 0 Å². The van der Waals surface area contributed by atoms with Gasteiger partial charge in [0.15, 0.2) is 0 Å². The van der Waals surface area contributed by atoms with Crippen molar-refractivity contribution in [1.82, 2.24) is 10.6 Å². The van der Waals surface area contributed by atoms with E-state index in [4.69, 9.17) is 4.74 Å². The number of carbonyl (C=O) groups excluding carboxylic acids is 1. The van der Waals surface area contributed by atoms with Crippen LogP contribution in [0.15, 0.2) is 35.1 Å². The van der Waals surface area contributed by atoms with E-state index in [0.29, 0.717) is 5.82 Å². The van der Waals surface area contributed by atoms with Gasteiger partial charge in [-0.05, 0) is 25.1 Å². The van der Waals surface area contributed by atoms with Crippen LogP contribution in [-0.2, 0) is 4.74 Å². The highest BCUT2D eigenvalue weighted by Crippen LogP contribution is 2.23. The Morgan fingerprint density at radius 1 is 1.40 bits per heavy atom. The number of phenols is 1. The molecule has 0 bridgehead atoms. The maximum atomic E-state index is 12.3. The second kappa shape index (κ2) is 10.2. The highest BCUT2D eigenvalue weighted by Gasteiger charge is 2.13. The number of amides is 1. The fourth-order valence-corrected chi connectivity index (χ4v) is 1.79. The van der Waals surface area contributed by atoms with E-state index >= 15 is 0 Å². The number of carbonyl (C=O) groups is 1. The Morgan fingerprint density at radius 2 is 2.12 bits per heavy atom. The summed E-state index contributed by atoms with van der Waals surface area (Å²) in [5.41, 5.74) is 0.131. The molecule has 3 N–H and O–H groups in total. The number of nitrogens with one attached hydrogen (secondary N) is 2. The van der Waals surface area contributed by atoms with Gasteiger partial charge in [-0.2, -0.15) is 8.78 Å². The minimum Gasteiger partial charge on any atom is -0.508 e. The van der Waals surface area contributed by atoms with Crippen LogP contribution >= 0.6 is 0 Å². The zero-order valence-electron chi connectivity index (χ0n) is 14.1. The SMILES string of the molecule is CN=CC=C(NC)NC(=O)c1cc(O)cc(O[C@@H](C)COC(F)F)c1. The fraction of sp³-hybridized carbons (Fsp3) is 0.375. The first kappa shape index (κ1) is 20.4. The quantitative estimate of drug-likeness (QED) is 0.587. The first-order chi connectivity index (χ1) is 11.8. The lowest BCUT2D eigenvalue weighted by Crippen LogP contribution is -2.29. The molecule has 1 aromatic carbocycles. The summed E-state index contributed by atoms with van der Waals surface area (Å²) >= 11 is 0. The molecule has 1 rings (SSSR count). The van der Waals surface area contributed by atoms with Crippen LogP contribution in [0, 0.1) is 0 Å². The lowest BCUT2D eigenvalue weighted by atomic mass is 10.2. The first-order valence-electron chi connectivity index (χ1n) is 7.37. The summed E-state index contributed by atoms with van der Waals surface area (Å²) in [5.74, 6) is -0.141. The lowest BCUT2D eigenvalue weighted by molar-refractivity contribution is -0.142. The molecule has 0 heterocycles. The van der Waals surface area contributed by atoms with Gasteiger partial charge in [0.1, 0.15) is 23.4 Å². The summed E-state index contributed by atoms with van der Waals surface area (Å²) in [4.78, 5) is 16.0. The number of benzene rings is 1. The van der Waals surface area contributed by atoms with Gasteiger partial charge in [-0.15, -0.1) is 0 Å². The number of phenolic OH excluding ortho intramolecular Hbond substituents is 1. The molecule has 7 nitrogen and oxygen atoms in total. The number of aromatic hydroxyl groups is 1. The summed E-state index contributed by atoms with van der Waals surface area (Å²) in [6, 6.07) is 3.91. The summed E-state index contributed by atoms with van der Waals surface area (Å²) in [7, 11) is 3.21. The number of hydrogen-bond acceptors (Lipinski definition) is 6. The monoisotopic (exact) mass is 357 g/mol. The summed E-state index contributed by atoms with van der Waals surface area (Å²) in [5, 5.41) is 15.1. The molecule has 9 heteroatoms. The topological polar surface area (TPSA) is 92.2 Å². The molecule has 1 amide bonds. The van der Waals surface area contributed by atoms with Crippen LogP contribution in [0.25, 0.3) is 0 Å². The van der Waals surface area contributed by atoms with E-state index in [0.717, 1.165) is 0 Å². The molecule has 0 fully saturated rings. The van der Waals surface area contributed by atoms with E-state index < -0.39 is 18.6 Å². The van der Waals surface area contributed by atoms with Crippen LogP contribution in [0.5, 0.6) is 11.5 Å². The minimum atomic E-state index is -2.89. The van der Waals surface area contributed by atoms with Crippen molar-refractivity contribution < 1.29 is 28.2 Å². The van der Waals surface area contributed by atoms with E-state index in [1.165, 1.54) is 31.3 Å². The van der Waals surface area contributed by atoms with Crippen molar-refractivity contribution in [1.29, 1.82) is 0 Å². The van der Waals surface area contributed by atoms with Gasteiger partial charge >= 0.3 is 6.61 Å². The molecule has 0 aromatic heterocycles. The molecular formula is C16H21F2N3O4. The number of aliphatic imine (C=N–C) groups is 1. The summed E-state index contributed by atoms with van der Waals surface area (Å²) < 4.78 is 33.6. The van der Waals surface area contributed by atoms with Crippen LogP contribution in [0.4, 0.5) is 8.78 Å². The predicted molar refractivity (Wildman–Crippen MR) is 89.2 cm³/mol. The van der Waals surface area contributed by atoms with Crippen molar-refractivity contribution in [2.45, 2.75) is 19.6 Å². The van der Waals surface area contributed by atoms with E-state index in [2.05, 4.69) is 20.4 Å². The third-order valence-corrected chi connectivity index (χ3v) is 2.86. The van der Waals surface area contributed by atoms with Gasteiger partial charge in [0, 0.05) is 31.9 Å². The molecule has 0 aliphatic rings. The van der Waals surface area contributed by atoms with Gasteiger partial charge in [0.25, 0.3) is 5.91 Å².